The largest absolute Gasteiger partial charge is 0.393 e. The number of nitrogens with zero attached hydrogens (tertiary/aromatic N) is 1. The van der Waals surface area contributed by atoms with Crippen LogP contribution in [0.5, 0.6) is 0 Å². The van der Waals surface area contributed by atoms with Gasteiger partial charge in [0.15, 0.2) is 0 Å². The van der Waals surface area contributed by atoms with Crippen LogP contribution in [0.15, 0.2) is 0 Å². The molecule has 1 saturated heterocycles. The molecule has 12 atom stereocenters. The lowest BCUT2D eigenvalue weighted by Crippen LogP contribution is -2.75. The van der Waals surface area contributed by atoms with Crippen LogP contribution in [-0.4, -0.2) is 70.4 Å². The van der Waals surface area contributed by atoms with Crippen LogP contribution in [0.1, 0.15) is 46.0 Å². The van der Waals surface area contributed by atoms with E-state index in [1.807, 2.05) is 7.11 Å². The maximum absolute atomic E-state index is 12.0. The monoisotopic (exact) mass is 377 g/mol. The van der Waals surface area contributed by atoms with Crippen molar-refractivity contribution in [3.05, 3.63) is 0 Å². The van der Waals surface area contributed by atoms with Crippen molar-refractivity contribution in [2.45, 2.75) is 75.9 Å². The Hall–Kier alpha value is -0.200. The molecule has 5 saturated carbocycles. The Balaban J connectivity index is 1.61. The van der Waals surface area contributed by atoms with Crippen LogP contribution in [0.25, 0.3) is 0 Å². The minimum Gasteiger partial charge on any atom is -0.393 e. The smallest absolute Gasteiger partial charge is 0.0771 e. The van der Waals surface area contributed by atoms with Gasteiger partial charge in [-0.1, -0.05) is 13.8 Å². The third-order valence-electron chi connectivity index (χ3n) is 10.7. The summed E-state index contributed by atoms with van der Waals surface area (Å²) in [5, 5.41) is 34.0. The van der Waals surface area contributed by atoms with Gasteiger partial charge in [-0.15, -0.1) is 0 Å². The summed E-state index contributed by atoms with van der Waals surface area (Å²) >= 11 is 0. The summed E-state index contributed by atoms with van der Waals surface area (Å²) in [5.74, 6) is 0.797. The molecule has 7 bridgehead atoms. The number of likely N-dealkylation sites (tertiary alicyclic amines) is 1. The highest BCUT2D eigenvalue weighted by atomic mass is 16.5. The van der Waals surface area contributed by atoms with E-state index < -0.39 is 17.8 Å². The normalized spacial score (nSPS) is 66.2. The van der Waals surface area contributed by atoms with E-state index in [2.05, 4.69) is 18.7 Å². The molecule has 0 aromatic carbocycles. The van der Waals surface area contributed by atoms with Crippen molar-refractivity contribution in [1.29, 1.82) is 0 Å². The van der Waals surface area contributed by atoms with Gasteiger partial charge in [-0.2, -0.15) is 0 Å². The molecule has 0 radical (unpaired) electrons. The second-order valence-corrected chi connectivity index (χ2v) is 11.1. The molecule has 5 nitrogen and oxygen atoms in total. The van der Waals surface area contributed by atoms with Gasteiger partial charge in [0, 0.05) is 49.3 Å². The highest BCUT2D eigenvalue weighted by molar-refractivity contribution is 5.32. The summed E-state index contributed by atoms with van der Waals surface area (Å²) in [6, 6.07) is 0.327. The average Bonchev–Trinajstić information content (AvgIpc) is 3.06. The van der Waals surface area contributed by atoms with Crippen molar-refractivity contribution < 1.29 is 20.1 Å². The van der Waals surface area contributed by atoms with Crippen molar-refractivity contribution in [1.82, 2.24) is 4.90 Å². The number of ether oxygens (including phenoxy) is 1. The minimum atomic E-state index is -0.930. The summed E-state index contributed by atoms with van der Waals surface area (Å²) in [6.45, 7) is 6.85. The molecule has 5 aliphatic carbocycles. The lowest BCUT2D eigenvalue weighted by molar-refractivity contribution is -0.269. The van der Waals surface area contributed by atoms with Gasteiger partial charge in [0.05, 0.1) is 23.9 Å². The fourth-order valence-electron chi connectivity index (χ4n) is 10.1. The molecule has 5 heteroatoms. The van der Waals surface area contributed by atoms with Gasteiger partial charge in [0.2, 0.25) is 0 Å². The minimum absolute atomic E-state index is 0.0252. The van der Waals surface area contributed by atoms with Crippen molar-refractivity contribution in [3.63, 3.8) is 0 Å². The highest BCUT2D eigenvalue weighted by Gasteiger charge is 2.82. The van der Waals surface area contributed by atoms with Gasteiger partial charge in [-0.3, -0.25) is 4.90 Å². The summed E-state index contributed by atoms with van der Waals surface area (Å²) in [4.78, 5) is 2.65. The number of fused-ring (bicyclic) bond motifs is 2. The molecule has 6 fully saturated rings. The van der Waals surface area contributed by atoms with Gasteiger partial charge < -0.3 is 20.1 Å². The lowest BCUT2D eigenvalue weighted by Gasteiger charge is -2.69. The molecule has 0 aromatic heterocycles. The molecule has 1 heterocycles. The first kappa shape index (κ1) is 17.6. The first-order valence-electron chi connectivity index (χ1n) is 11.2. The zero-order valence-corrected chi connectivity index (χ0v) is 16.8. The van der Waals surface area contributed by atoms with E-state index in [0.717, 1.165) is 32.4 Å². The van der Waals surface area contributed by atoms with E-state index in [1.54, 1.807) is 0 Å². The lowest BCUT2D eigenvalue weighted by atomic mass is 9.43. The molecule has 152 valence electrons. The number of methoxy groups -OCH3 is 1. The van der Waals surface area contributed by atoms with Crippen molar-refractivity contribution in [2.75, 3.05) is 20.2 Å². The number of hydrogen-bond acceptors (Lipinski definition) is 5. The van der Waals surface area contributed by atoms with E-state index in [1.165, 1.54) is 6.42 Å². The molecule has 1 unspecified atom stereocenters. The molecule has 27 heavy (non-hydrogen) atoms. The van der Waals surface area contributed by atoms with Crippen LogP contribution in [0.2, 0.25) is 0 Å². The van der Waals surface area contributed by atoms with E-state index in [4.69, 9.17) is 4.74 Å². The third kappa shape index (κ3) is 1.66. The molecule has 1 aliphatic heterocycles. The van der Waals surface area contributed by atoms with Crippen LogP contribution in [0.4, 0.5) is 0 Å². The van der Waals surface area contributed by atoms with Gasteiger partial charge >= 0.3 is 0 Å². The predicted octanol–water partition coefficient (Wildman–Crippen LogP) is 1.25. The molecular weight excluding hydrogens is 342 g/mol. The van der Waals surface area contributed by atoms with Gasteiger partial charge in [-0.05, 0) is 49.5 Å². The number of aliphatic hydroxyl groups is 3. The first-order chi connectivity index (χ1) is 12.8. The Kier molecular flexibility index (Phi) is 3.33. The van der Waals surface area contributed by atoms with Crippen LogP contribution in [-0.2, 0) is 4.74 Å². The fourth-order valence-corrected chi connectivity index (χ4v) is 10.1. The Morgan fingerprint density at radius 3 is 2.67 bits per heavy atom. The third-order valence-corrected chi connectivity index (χ3v) is 10.7. The zero-order valence-electron chi connectivity index (χ0n) is 16.8. The number of piperidine rings is 1. The number of hydrogen-bond donors (Lipinski definition) is 3. The van der Waals surface area contributed by atoms with Gasteiger partial charge in [-0.25, -0.2) is 0 Å². The average molecular weight is 378 g/mol. The van der Waals surface area contributed by atoms with Gasteiger partial charge in [0.25, 0.3) is 0 Å². The zero-order chi connectivity index (χ0) is 18.9. The summed E-state index contributed by atoms with van der Waals surface area (Å²) < 4.78 is 6.21. The topological polar surface area (TPSA) is 73.2 Å². The van der Waals surface area contributed by atoms with Crippen LogP contribution >= 0.6 is 0 Å². The quantitative estimate of drug-likeness (QED) is 0.676. The maximum atomic E-state index is 12.0. The number of aliphatic hydroxyl groups excluding tert-OH is 2. The SMILES string of the molecule is CCN1C[C@]2(C)CC[C@H](OC)[C@]34C1[C@H](C[C@H]23)[C@@]1(O)C[C@H](O)[C@H]2C[C@@H]4[C@@H]1[C@H]2O. The van der Waals surface area contributed by atoms with E-state index in [0.29, 0.717) is 18.4 Å². The predicted molar refractivity (Wildman–Crippen MR) is 99.9 cm³/mol. The Morgan fingerprint density at radius 2 is 1.96 bits per heavy atom. The van der Waals surface area contributed by atoms with E-state index in [-0.39, 0.29) is 40.6 Å². The molecule has 1 spiro atoms. The standard InChI is InChI=1S/C22H35NO4/c1-4-23-10-20(2)6-5-16(27-3)22-12-7-11-14(24)9-21(26,17(12)18(11)25)13(19(22)23)8-15(20)22/h11-19,24-26H,4-10H2,1-3H3/t11-,12-,13+,14+,15-,16+,17-,18+,19?,20+,21+,22-/m1/s1. The molecule has 6 rings (SSSR count). The number of rotatable bonds is 2. The molecule has 0 amide bonds. The van der Waals surface area contributed by atoms with Gasteiger partial charge in [0.1, 0.15) is 0 Å². The molecular formula is C22H35NO4. The van der Waals surface area contributed by atoms with Crippen molar-refractivity contribution >= 4 is 0 Å². The van der Waals surface area contributed by atoms with E-state index in [9.17, 15) is 15.3 Å². The second-order valence-electron chi connectivity index (χ2n) is 11.1. The summed E-state index contributed by atoms with van der Waals surface area (Å²) in [7, 11) is 1.87. The van der Waals surface area contributed by atoms with Crippen LogP contribution < -0.4 is 0 Å². The molecule has 3 N–H and O–H groups in total. The second kappa shape index (κ2) is 5.10. The Labute approximate surface area is 162 Å². The van der Waals surface area contributed by atoms with Crippen LogP contribution in [0, 0.1) is 40.4 Å². The Bertz CT molecular complexity index is 673. The van der Waals surface area contributed by atoms with Crippen molar-refractivity contribution in [2.24, 2.45) is 40.4 Å². The molecule has 6 aliphatic rings. The summed E-state index contributed by atoms with van der Waals surface area (Å²) in [5.41, 5.74) is -0.634. The fraction of sp³-hybridized carbons (Fsp3) is 1.00. The van der Waals surface area contributed by atoms with Crippen molar-refractivity contribution in [3.8, 4) is 0 Å². The highest BCUT2D eigenvalue weighted by Crippen LogP contribution is 2.78. The molecule has 0 aromatic rings. The Morgan fingerprint density at radius 1 is 1.19 bits per heavy atom. The summed E-state index contributed by atoms with van der Waals surface area (Å²) in [6.07, 6.45) is 3.68. The maximum Gasteiger partial charge on any atom is 0.0771 e. The van der Waals surface area contributed by atoms with Crippen LogP contribution in [0.3, 0.4) is 0 Å². The van der Waals surface area contributed by atoms with E-state index >= 15 is 0 Å². The first-order valence-corrected chi connectivity index (χ1v) is 11.2.